The van der Waals surface area contributed by atoms with E-state index in [0.717, 1.165) is 38.8 Å². The van der Waals surface area contributed by atoms with Crippen molar-refractivity contribution >= 4 is 5.91 Å². The fourth-order valence-electron chi connectivity index (χ4n) is 2.97. The molecule has 24 heavy (non-hydrogen) atoms. The summed E-state index contributed by atoms with van der Waals surface area (Å²) < 4.78 is 15.7. The molecule has 0 aromatic carbocycles. The van der Waals surface area contributed by atoms with E-state index in [2.05, 4.69) is 28.1 Å². The number of hydrogen-bond acceptors (Lipinski definition) is 4. The molecule has 1 saturated heterocycles. The molecule has 0 bridgehead atoms. The number of hydrogen-bond donors (Lipinski definition) is 0. The Labute approximate surface area is 140 Å². The number of rotatable bonds is 4. The average molecular weight is 331 g/mol. The molecule has 0 radical (unpaired) electrons. The normalized spacial score (nSPS) is 16.2. The molecule has 2 aromatic rings. The predicted molar refractivity (Wildman–Crippen MR) is 87.9 cm³/mol. The average Bonchev–Trinajstić information content (AvgIpc) is 2.92. The van der Waals surface area contributed by atoms with E-state index in [4.69, 9.17) is 0 Å². The summed E-state index contributed by atoms with van der Waals surface area (Å²) in [5, 5.41) is 4.29. The first kappa shape index (κ1) is 16.6. The molecule has 6 nitrogen and oxygen atoms in total. The number of pyridine rings is 1. The van der Waals surface area contributed by atoms with Crippen molar-refractivity contribution in [3.63, 3.8) is 0 Å². The number of halogens is 1. The lowest BCUT2D eigenvalue weighted by Gasteiger charge is -2.21. The third-order valence-corrected chi connectivity index (χ3v) is 4.30. The zero-order chi connectivity index (χ0) is 16.9. The molecule has 1 aliphatic rings. The molecular weight excluding hydrogens is 309 g/mol. The van der Waals surface area contributed by atoms with Crippen LogP contribution >= 0.6 is 0 Å². The lowest BCUT2D eigenvalue weighted by Crippen LogP contribution is -2.35. The molecule has 0 spiro atoms. The molecule has 1 fully saturated rings. The van der Waals surface area contributed by atoms with Crippen LogP contribution in [0.4, 0.5) is 4.39 Å². The number of carbonyl (C=O) groups is 1. The summed E-state index contributed by atoms with van der Waals surface area (Å²) in [5.41, 5.74) is 1.28. The minimum atomic E-state index is -0.560. The third kappa shape index (κ3) is 3.79. The monoisotopic (exact) mass is 331 g/mol. The quantitative estimate of drug-likeness (QED) is 0.857. The van der Waals surface area contributed by atoms with Crippen molar-refractivity contribution in [1.82, 2.24) is 24.6 Å². The van der Waals surface area contributed by atoms with Crippen LogP contribution in [0.15, 0.2) is 30.9 Å². The second-order valence-corrected chi connectivity index (χ2v) is 5.98. The number of nitrogens with zero attached hydrogens (tertiary/aromatic N) is 5. The van der Waals surface area contributed by atoms with Gasteiger partial charge >= 0.3 is 0 Å². The highest BCUT2D eigenvalue weighted by molar-refractivity contribution is 5.94. The Balaban J connectivity index is 1.60. The van der Waals surface area contributed by atoms with Crippen LogP contribution in [0.5, 0.6) is 0 Å². The van der Waals surface area contributed by atoms with E-state index >= 15 is 0 Å². The molecule has 128 valence electrons. The molecule has 0 N–H and O–H groups in total. The molecule has 0 atom stereocenters. The van der Waals surface area contributed by atoms with Crippen molar-refractivity contribution in [2.45, 2.75) is 26.4 Å². The van der Waals surface area contributed by atoms with Gasteiger partial charge in [0, 0.05) is 57.2 Å². The number of aryl methyl sites for hydroxylation is 1. The van der Waals surface area contributed by atoms with E-state index in [1.807, 2.05) is 10.9 Å². The Morgan fingerprint density at radius 2 is 2.12 bits per heavy atom. The summed E-state index contributed by atoms with van der Waals surface area (Å²) >= 11 is 0. The summed E-state index contributed by atoms with van der Waals surface area (Å²) in [6.07, 6.45) is 7.36. The minimum Gasteiger partial charge on any atom is -0.337 e. The molecule has 0 unspecified atom stereocenters. The van der Waals surface area contributed by atoms with Gasteiger partial charge in [0.05, 0.1) is 18.0 Å². The molecule has 0 aliphatic carbocycles. The summed E-state index contributed by atoms with van der Waals surface area (Å²) in [6.45, 7) is 6.68. The second kappa shape index (κ2) is 7.53. The molecule has 7 heteroatoms. The highest BCUT2D eigenvalue weighted by Gasteiger charge is 2.22. The maximum absolute atomic E-state index is 13.8. The minimum absolute atomic E-state index is 0.0997. The van der Waals surface area contributed by atoms with Crippen LogP contribution in [-0.4, -0.2) is 56.7 Å². The van der Waals surface area contributed by atoms with E-state index in [1.54, 1.807) is 4.90 Å². The first-order valence-electron chi connectivity index (χ1n) is 8.30. The smallest absolute Gasteiger partial charge is 0.256 e. The van der Waals surface area contributed by atoms with Crippen LogP contribution in [-0.2, 0) is 13.1 Å². The number of amides is 1. The van der Waals surface area contributed by atoms with Gasteiger partial charge in [0.15, 0.2) is 5.82 Å². The fourth-order valence-corrected chi connectivity index (χ4v) is 2.97. The summed E-state index contributed by atoms with van der Waals surface area (Å²) in [6, 6.07) is 1.44. The van der Waals surface area contributed by atoms with Gasteiger partial charge in [-0.15, -0.1) is 0 Å². The summed E-state index contributed by atoms with van der Waals surface area (Å²) in [4.78, 5) is 20.2. The third-order valence-electron chi connectivity index (χ3n) is 4.30. The largest absolute Gasteiger partial charge is 0.337 e. The van der Waals surface area contributed by atoms with E-state index in [-0.39, 0.29) is 11.5 Å². The van der Waals surface area contributed by atoms with Crippen LogP contribution in [0.3, 0.4) is 0 Å². The predicted octanol–water partition coefficient (Wildman–Crippen LogP) is 1.79. The number of carbonyl (C=O) groups excluding carboxylic acids is 1. The van der Waals surface area contributed by atoms with E-state index in [1.165, 1.54) is 17.8 Å². The van der Waals surface area contributed by atoms with Gasteiger partial charge in [0.2, 0.25) is 0 Å². The summed E-state index contributed by atoms with van der Waals surface area (Å²) in [5.74, 6) is -0.814. The van der Waals surface area contributed by atoms with Crippen molar-refractivity contribution in [3.8, 4) is 0 Å². The van der Waals surface area contributed by atoms with Gasteiger partial charge in [-0.05, 0) is 19.4 Å². The standard InChI is InChI=1S/C17H22FN5O/c1-2-23-13-14(10-20-23)12-21-6-3-7-22(9-8-21)17(24)15-4-5-19-11-16(15)18/h4-5,10-11,13H,2-3,6-9,12H2,1H3. The van der Waals surface area contributed by atoms with Crippen LogP contribution < -0.4 is 0 Å². The van der Waals surface area contributed by atoms with Crippen LogP contribution in [0, 0.1) is 5.82 Å². The molecular formula is C17H22FN5O. The van der Waals surface area contributed by atoms with Crippen LogP contribution in [0.25, 0.3) is 0 Å². The Kier molecular flexibility index (Phi) is 5.20. The van der Waals surface area contributed by atoms with Crippen LogP contribution in [0.2, 0.25) is 0 Å². The molecule has 1 amide bonds. The lowest BCUT2D eigenvalue weighted by molar-refractivity contribution is 0.0756. The molecule has 2 aromatic heterocycles. The summed E-state index contributed by atoms with van der Waals surface area (Å²) in [7, 11) is 0. The van der Waals surface area contributed by atoms with E-state index in [0.29, 0.717) is 13.1 Å². The second-order valence-electron chi connectivity index (χ2n) is 5.98. The Hall–Kier alpha value is -2.28. The van der Waals surface area contributed by atoms with Gasteiger partial charge in [0.1, 0.15) is 0 Å². The van der Waals surface area contributed by atoms with Gasteiger partial charge in [-0.2, -0.15) is 5.10 Å². The first-order chi connectivity index (χ1) is 11.7. The van der Waals surface area contributed by atoms with Crippen molar-refractivity contribution in [3.05, 3.63) is 47.8 Å². The van der Waals surface area contributed by atoms with Crippen molar-refractivity contribution in [1.29, 1.82) is 0 Å². The fraction of sp³-hybridized carbons (Fsp3) is 0.471. The highest BCUT2D eigenvalue weighted by Crippen LogP contribution is 2.13. The van der Waals surface area contributed by atoms with E-state index < -0.39 is 5.82 Å². The Morgan fingerprint density at radius 3 is 2.88 bits per heavy atom. The maximum atomic E-state index is 13.8. The first-order valence-corrected chi connectivity index (χ1v) is 8.30. The van der Waals surface area contributed by atoms with Crippen molar-refractivity contribution in [2.75, 3.05) is 26.2 Å². The Morgan fingerprint density at radius 1 is 1.25 bits per heavy atom. The van der Waals surface area contributed by atoms with Gasteiger partial charge in [-0.3, -0.25) is 19.4 Å². The highest BCUT2D eigenvalue weighted by atomic mass is 19.1. The van der Waals surface area contributed by atoms with Crippen LogP contribution in [0.1, 0.15) is 29.3 Å². The molecule has 3 heterocycles. The van der Waals surface area contributed by atoms with E-state index in [9.17, 15) is 9.18 Å². The van der Waals surface area contributed by atoms with Gasteiger partial charge < -0.3 is 4.90 Å². The maximum Gasteiger partial charge on any atom is 0.256 e. The molecule has 1 aliphatic heterocycles. The molecule has 0 saturated carbocycles. The Bertz CT molecular complexity index is 702. The van der Waals surface area contributed by atoms with Crippen molar-refractivity contribution < 1.29 is 9.18 Å². The lowest BCUT2D eigenvalue weighted by atomic mass is 10.2. The van der Waals surface area contributed by atoms with Gasteiger partial charge in [0.25, 0.3) is 5.91 Å². The molecule has 3 rings (SSSR count). The number of aromatic nitrogens is 3. The SMILES string of the molecule is CCn1cc(CN2CCCN(C(=O)c3ccncc3F)CC2)cn1. The van der Waals surface area contributed by atoms with Crippen molar-refractivity contribution in [2.24, 2.45) is 0 Å². The van der Waals surface area contributed by atoms with Gasteiger partial charge in [-0.1, -0.05) is 0 Å². The van der Waals surface area contributed by atoms with Gasteiger partial charge in [-0.25, -0.2) is 4.39 Å². The topological polar surface area (TPSA) is 54.3 Å². The zero-order valence-electron chi connectivity index (χ0n) is 13.9. The zero-order valence-corrected chi connectivity index (χ0v) is 13.9.